The third-order valence-corrected chi connectivity index (χ3v) is 8.16. The van der Waals surface area contributed by atoms with Gasteiger partial charge in [0.25, 0.3) is 5.91 Å². The van der Waals surface area contributed by atoms with Crippen LogP contribution in [0.15, 0.2) is 71.2 Å². The smallest absolute Gasteiger partial charge is 0.323 e. The molecule has 3 aromatic rings. The van der Waals surface area contributed by atoms with Crippen molar-refractivity contribution < 1.29 is 19.1 Å². The Bertz CT molecular complexity index is 1390. The van der Waals surface area contributed by atoms with E-state index in [0.29, 0.717) is 23.5 Å². The number of halogens is 1. The Hall–Kier alpha value is -3.80. The van der Waals surface area contributed by atoms with Crippen LogP contribution in [-0.2, 0) is 4.74 Å². The van der Waals surface area contributed by atoms with E-state index >= 15 is 0 Å². The molecule has 0 aromatic heterocycles. The van der Waals surface area contributed by atoms with Crippen LogP contribution in [0.2, 0.25) is 0 Å². The first-order chi connectivity index (χ1) is 21.0. The van der Waals surface area contributed by atoms with E-state index in [-0.39, 0.29) is 11.9 Å². The van der Waals surface area contributed by atoms with Crippen LogP contribution in [0.5, 0.6) is 5.75 Å². The molecule has 0 bridgehead atoms. The lowest BCUT2D eigenvalue weighted by atomic mass is 10.1. The number of nitrogens with zero attached hydrogens (tertiary/aromatic N) is 3. The topological polar surface area (TPSA) is 98.4 Å². The molecule has 3 amide bonds. The molecule has 2 fully saturated rings. The number of urea groups is 1. The second kappa shape index (κ2) is 15.1. The van der Waals surface area contributed by atoms with Gasteiger partial charge in [0, 0.05) is 67.3 Å². The summed E-state index contributed by atoms with van der Waals surface area (Å²) in [7, 11) is 1.69. The molecular formula is C32H39BrN6O4. The first-order valence-electron chi connectivity index (χ1n) is 14.7. The average Bonchev–Trinajstić information content (AvgIpc) is 3.03. The van der Waals surface area contributed by atoms with E-state index in [1.807, 2.05) is 54.6 Å². The van der Waals surface area contributed by atoms with Gasteiger partial charge in [-0.1, -0.05) is 34.1 Å². The third kappa shape index (κ3) is 8.40. The van der Waals surface area contributed by atoms with Crippen LogP contribution in [0, 0.1) is 0 Å². The number of anilines is 4. The SMILES string of the molecule is COc1ccccc1N1CCN(c2ccc(NC(=O)Nc3cccc(Br)c3)cc2C(=O)NCCCN2CCOCC2)CC1. The molecule has 0 saturated carbocycles. The van der Waals surface area contributed by atoms with Crippen LogP contribution in [0.25, 0.3) is 0 Å². The lowest BCUT2D eigenvalue weighted by Gasteiger charge is -2.38. The number of benzene rings is 3. The molecule has 0 atom stereocenters. The van der Waals surface area contributed by atoms with Gasteiger partial charge >= 0.3 is 6.03 Å². The Morgan fingerprint density at radius 3 is 2.26 bits per heavy atom. The van der Waals surface area contributed by atoms with E-state index in [2.05, 4.69) is 52.6 Å². The van der Waals surface area contributed by atoms with Gasteiger partial charge in [0.1, 0.15) is 5.75 Å². The van der Waals surface area contributed by atoms with Crippen molar-refractivity contribution >= 4 is 50.6 Å². The molecule has 0 unspecified atom stereocenters. The number of piperazine rings is 1. The molecule has 2 aliphatic rings. The minimum atomic E-state index is -0.381. The molecule has 2 aliphatic heterocycles. The Kier molecular flexibility index (Phi) is 10.8. The van der Waals surface area contributed by atoms with Crippen molar-refractivity contribution in [1.82, 2.24) is 10.2 Å². The van der Waals surface area contributed by atoms with Gasteiger partial charge in [-0.2, -0.15) is 0 Å². The highest BCUT2D eigenvalue weighted by Gasteiger charge is 2.24. The predicted octanol–water partition coefficient (Wildman–Crippen LogP) is 4.88. The zero-order valence-electron chi connectivity index (χ0n) is 24.5. The minimum absolute atomic E-state index is 0.153. The number of morpholine rings is 1. The number of nitrogens with one attached hydrogen (secondary N) is 3. The number of hydrogen-bond donors (Lipinski definition) is 3. The number of para-hydroxylation sites is 2. The molecule has 228 valence electrons. The van der Waals surface area contributed by atoms with E-state index < -0.39 is 0 Å². The molecular weight excluding hydrogens is 612 g/mol. The highest BCUT2D eigenvalue weighted by atomic mass is 79.9. The summed E-state index contributed by atoms with van der Waals surface area (Å²) in [6, 6.07) is 20.6. The van der Waals surface area contributed by atoms with Crippen molar-refractivity contribution in [2.75, 3.05) is 93.1 Å². The molecule has 2 heterocycles. The Labute approximate surface area is 261 Å². The highest BCUT2D eigenvalue weighted by molar-refractivity contribution is 9.10. The van der Waals surface area contributed by atoms with E-state index in [9.17, 15) is 9.59 Å². The summed E-state index contributed by atoms with van der Waals surface area (Å²) in [4.78, 5) is 33.2. The van der Waals surface area contributed by atoms with Crippen LogP contribution in [0.3, 0.4) is 0 Å². The van der Waals surface area contributed by atoms with Crippen LogP contribution in [0.4, 0.5) is 27.5 Å². The molecule has 0 radical (unpaired) electrons. The minimum Gasteiger partial charge on any atom is -0.495 e. The van der Waals surface area contributed by atoms with Crippen molar-refractivity contribution in [3.05, 3.63) is 76.8 Å². The molecule has 0 spiro atoms. The van der Waals surface area contributed by atoms with E-state index in [0.717, 1.165) is 87.0 Å². The molecule has 11 heteroatoms. The van der Waals surface area contributed by atoms with Gasteiger partial charge in [-0.15, -0.1) is 0 Å². The fraction of sp³-hybridized carbons (Fsp3) is 0.375. The maximum absolute atomic E-state index is 13.6. The van der Waals surface area contributed by atoms with Crippen LogP contribution >= 0.6 is 15.9 Å². The number of carbonyl (C=O) groups is 2. The predicted molar refractivity (Wildman–Crippen MR) is 175 cm³/mol. The lowest BCUT2D eigenvalue weighted by Crippen LogP contribution is -2.47. The second-order valence-electron chi connectivity index (χ2n) is 10.5. The van der Waals surface area contributed by atoms with Crippen molar-refractivity contribution in [2.24, 2.45) is 0 Å². The summed E-state index contributed by atoms with van der Waals surface area (Å²) in [5.74, 6) is 0.699. The molecule has 3 N–H and O–H groups in total. The average molecular weight is 652 g/mol. The summed E-state index contributed by atoms with van der Waals surface area (Å²) >= 11 is 3.42. The molecule has 3 aromatic carbocycles. The van der Waals surface area contributed by atoms with Crippen LogP contribution in [-0.4, -0.2) is 89.5 Å². The molecule has 0 aliphatic carbocycles. The zero-order valence-corrected chi connectivity index (χ0v) is 26.1. The number of ether oxygens (including phenoxy) is 2. The first kappa shape index (κ1) is 30.7. The van der Waals surface area contributed by atoms with Crippen molar-refractivity contribution in [1.29, 1.82) is 0 Å². The Morgan fingerprint density at radius 2 is 1.53 bits per heavy atom. The summed E-state index contributed by atoms with van der Waals surface area (Å²) in [6.07, 6.45) is 0.853. The standard InChI is InChI=1S/C32H39BrN6O4/c1-42-30-9-3-2-8-29(30)39-16-14-38(15-17-39)28-11-10-26(36-32(41)35-25-7-4-6-24(33)22-25)23-27(28)31(40)34-12-5-13-37-18-20-43-21-19-37/h2-4,6-11,22-23H,5,12-21H2,1H3,(H,34,40)(H2,35,36,41). The van der Waals surface area contributed by atoms with Gasteiger partial charge in [-0.25, -0.2) is 4.79 Å². The van der Waals surface area contributed by atoms with Crippen molar-refractivity contribution in [2.45, 2.75) is 6.42 Å². The van der Waals surface area contributed by atoms with Gasteiger partial charge in [-0.3, -0.25) is 9.69 Å². The summed E-state index contributed by atoms with van der Waals surface area (Å²) in [5, 5.41) is 8.83. The maximum Gasteiger partial charge on any atom is 0.323 e. The number of hydrogen-bond acceptors (Lipinski definition) is 7. The van der Waals surface area contributed by atoms with Gasteiger partial charge in [0.05, 0.1) is 31.6 Å². The summed E-state index contributed by atoms with van der Waals surface area (Å²) < 4.78 is 11.9. The highest BCUT2D eigenvalue weighted by Crippen LogP contribution is 2.31. The van der Waals surface area contributed by atoms with E-state index in [1.165, 1.54) is 0 Å². The molecule has 43 heavy (non-hydrogen) atoms. The number of methoxy groups -OCH3 is 1. The van der Waals surface area contributed by atoms with Gasteiger partial charge in [-0.05, 0) is 61.5 Å². The number of amides is 3. The Morgan fingerprint density at radius 1 is 0.837 bits per heavy atom. The summed E-state index contributed by atoms with van der Waals surface area (Å²) in [5.41, 5.74) is 3.66. The van der Waals surface area contributed by atoms with Gasteiger partial charge in [0.15, 0.2) is 0 Å². The fourth-order valence-electron chi connectivity index (χ4n) is 5.43. The third-order valence-electron chi connectivity index (χ3n) is 7.67. The zero-order chi connectivity index (χ0) is 30.0. The van der Waals surface area contributed by atoms with Crippen molar-refractivity contribution in [3.8, 4) is 5.75 Å². The second-order valence-corrected chi connectivity index (χ2v) is 11.4. The number of carbonyl (C=O) groups excluding carboxylic acids is 2. The molecule has 5 rings (SSSR count). The van der Waals surface area contributed by atoms with Crippen LogP contribution in [0.1, 0.15) is 16.8 Å². The van der Waals surface area contributed by atoms with E-state index in [1.54, 1.807) is 13.2 Å². The molecule has 2 saturated heterocycles. The fourth-order valence-corrected chi connectivity index (χ4v) is 5.83. The monoisotopic (exact) mass is 650 g/mol. The van der Waals surface area contributed by atoms with Gasteiger partial charge in [0.2, 0.25) is 0 Å². The summed E-state index contributed by atoms with van der Waals surface area (Å²) in [6.45, 7) is 7.91. The van der Waals surface area contributed by atoms with Crippen molar-refractivity contribution in [3.63, 3.8) is 0 Å². The maximum atomic E-state index is 13.6. The first-order valence-corrected chi connectivity index (χ1v) is 15.5. The quantitative estimate of drug-likeness (QED) is 0.269. The van der Waals surface area contributed by atoms with Crippen LogP contribution < -0.4 is 30.5 Å². The Balaban J connectivity index is 1.27. The van der Waals surface area contributed by atoms with Gasteiger partial charge < -0.3 is 35.2 Å². The normalized spacial score (nSPS) is 15.6. The molecule has 10 nitrogen and oxygen atoms in total. The largest absolute Gasteiger partial charge is 0.495 e. The lowest BCUT2D eigenvalue weighted by molar-refractivity contribution is 0.0374. The van der Waals surface area contributed by atoms with E-state index in [4.69, 9.17) is 9.47 Å². The number of rotatable bonds is 10.